The lowest BCUT2D eigenvalue weighted by molar-refractivity contribution is -0.117. The first-order chi connectivity index (χ1) is 8.52. The number of nitrogens with zero attached hydrogens (tertiary/aromatic N) is 1. The molecule has 0 heterocycles. The molecule has 1 atom stereocenters. The lowest BCUT2D eigenvalue weighted by atomic mass is 10.1. The Balaban J connectivity index is 2.58. The van der Waals surface area contributed by atoms with Crippen molar-refractivity contribution in [2.45, 2.75) is 19.0 Å². The third-order valence-electron chi connectivity index (χ3n) is 2.48. The smallest absolute Gasteiger partial charge is 0.241 e. The van der Waals surface area contributed by atoms with E-state index in [0.717, 1.165) is 12.2 Å². The minimum atomic E-state index is -0.538. The van der Waals surface area contributed by atoms with E-state index in [4.69, 9.17) is 5.73 Å². The maximum Gasteiger partial charge on any atom is 0.241 e. The SMILES string of the molecule is C=CCC(N)C(=O)Nc1ccc(CN(C)C)cc1. The number of carbonyl (C=O) groups excluding carboxylic acids is 1. The van der Waals surface area contributed by atoms with Crippen LogP contribution in [0.4, 0.5) is 5.69 Å². The molecule has 0 aromatic heterocycles. The highest BCUT2D eigenvalue weighted by molar-refractivity contribution is 5.94. The molecule has 3 N–H and O–H groups in total. The number of hydrogen-bond donors (Lipinski definition) is 2. The van der Waals surface area contributed by atoms with Gasteiger partial charge >= 0.3 is 0 Å². The van der Waals surface area contributed by atoms with Crippen molar-refractivity contribution in [3.8, 4) is 0 Å². The van der Waals surface area contributed by atoms with Gasteiger partial charge in [0.05, 0.1) is 6.04 Å². The maximum absolute atomic E-state index is 11.7. The summed E-state index contributed by atoms with van der Waals surface area (Å²) in [5.41, 5.74) is 7.65. The maximum atomic E-state index is 11.7. The average Bonchev–Trinajstić information content (AvgIpc) is 2.31. The third-order valence-corrected chi connectivity index (χ3v) is 2.48. The van der Waals surface area contributed by atoms with Crippen LogP contribution >= 0.6 is 0 Å². The summed E-state index contributed by atoms with van der Waals surface area (Å²) in [7, 11) is 4.04. The fourth-order valence-corrected chi connectivity index (χ4v) is 1.58. The molecule has 1 rings (SSSR count). The van der Waals surface area contributed by atoms with Gasteiger partial charge in [-0.15, -0.1) is 6.58 Å². The zero-order valence-electron chi connectivity index (χ0n) is 11.0. The molecule has 0 aliphatic heterocycles. The van der Waals surface area contributed by atoms with E-state index >= 15 is 0 Å². The molecule has 0 spiro atoms. The third kappa shape index (κ3) is 4.69. The van der Waals surface area contributed by atoms with Crippen LogP contribution in [0.15, 0.2) is 36.9 Å². The van der Waals surface area contributed by atoms with Crippen molar-refractivity contribution in [1.82, 2.24) is 4.90 Å². The van der Waals surface area contributed by atoms with Crippen LogP contribution in [-0.2, 0) is 11.3 Å². The first-order valence-electron chi connectivity index (χ1n) is 5.94. The van der Waals surface area contributed by atoms with E-state index in [0.29, 0.717) is 6.42 Å². The summed E-state index contributed by atoms with van der Waals surface area (Å²) in [6.45, 7) is 4.44. The van der Waals surface area contributed by atoms with Crippen molar-refractivity contribution in [2.75, 3.05) is 19.4 Å². The Morgan fingerprint density at radius 2 is 2.06 bits per heavy atom. The molecule has 1 aromatic rings. The molecule has 18 heavy (non-hydrogen) atoms. The molecule has 0 bridgehead atoms. The molecule has 1 unspecified atom stereocenters. The molecule has 1 aromatic carbocycles. The number of benzene rings is 1. The van der Waals surface area contributed by atoms with Gasteiger partial charge in [0.2, 0.25) is 5.91 Å². The molecular weight excluding hydrogens is 226 g/mol. The van der Waals surface area contributed by atoms with Crippen LogP contribution in [0.3, 0.4) is 0 Å². The minimum Gasteiger partial charge on any atom is -0.325 e. The number of nitrogens with one attached hydrogen (secondary N) is 1. The van der Waals surface area contributed by atoms with E-state index in [1.54, 1.807) is 6.08 Å². The Labute approximate surface area is 108 Å². The summed E-state index contributed by atoms with van der Waals surface area (Å²) in [5, 5.41) is 2.78. The van der Waals surface area contributed by atoms with Crippen molar-refractivity contribution in [2.24, 2.45) is 5.73 Å². The second kappa shape index (κ2) is 6.93. The van der Waals surface area contributed by atoms with E-state index in [2.05, 4.69) is 16.8 Å². The summed E-state index contributed by atoms with van der Waals surface area (Å²) in [5.74, 6) is -0.185. The second-order valence-corrected chi connectivity index (χ2v) is 4.55. The van der Waals surface area contributed by atoms with Gasteiger partial charge in [-0.1, -0.05) is 18.2 Å². The van der Waals surface area contributed by atoms with Crippen LogP contribution < -0.4 is 11.1 Å². The Bertz CT molecular complexity index is 398. The molecule has 4 nitrogen and oxygen atoms in total. The van der Waals surface area contributed by atoms with Crippen molar-refractivity contribution in [3.63, 3.8) is 0 Å². The molecule has 0 saturated carbocycles. The van der Waals surface area contributed by atoms with E-state index in [1.807, 2.05) is 38.4 Å². The van der Waals surface area contributed by atoms with Crippen LogP contribution in [0.2, 0.25) is 0 Å². The molecule has 0 fully saturated rings. The highest BCUT2D eigenvalue weighted by atomic mass is 16.2. The lowest BCUT2D eigenvalue weighted by Gasteiger charge is -2.12. The minimum absolute atomic E-state index is 0.185. The topological polar surface area (TPSA) is 58.4 Å². The van der Waals surface area contributed by atoms with Gasteiger partial charge in [0.25, 0.3) is 0 Å². The predicted octanol–water partition coefficient (Wildman–Crippen LogP) is 1.59. The lowest BCUT2D eigenvalue weighted by Crippen LogP contribution is -2.35. The molecule has 98 valence electrons. The first kappa shape index (κ1) is 14.4. The quantitative estimate of drug-likeness (QED) is 0.751. The van der Waals surface area contributed by atoms with E-state index in [-0.39, 0.29) is 5.91 Å². The molecule has 1 amide bonds. The van der Waals surface area contributed by atoms with E-state index in [9.17, 15) is 4.79 Å². The number of rotatable bonds is 6. The Hall–Kier alpha value is -1.65. The van der Waals surface area contributed by atoms with Gasteiger partial charge in [-0.2, -0.15) is 0 Å². The van der Waals surface area contributed by atoms with Crippen LogP contribution in [0.5, 0.6) is 0 Å². The standard InChI is InChI=1S/C14H21N3O/c1-4-5-13(15)14(18)16-12-8-6-11(7-9-12)10-17(2)3/h4,6-9,13H,1,5,10,15H2,2-3H3,(H,16,18). The highest BCUT2D eigenvalue weighted by Crippen LogP contribution is 2.11. The Kier molecular flexibility index (Phi) is 5.55. The molecule has 0 aliphatic carbocycles. The van der Waals surface area contributed by atoms with Crippen LogP contribution in [0.25, 0.3) is 0 Å². The van der Waals surface area contributed by atoms with E-state index in [1.165, 1.54) is 5.56 Å². The number of amides is 1. The van der Waals surface area contributed by atoms with Gasteiger partial charge < -0.3 is 16.0 Å². The van der Waals surface area contributed by atoms with E-state index < -0.39 is 6.04 Å². The monoisotopic (exact) mass is 247 g/mol. The Morgan fingerprint density at radius 1 is 1.44 bits per heavy atom. The van der Waals surface area contributed by atoms with Gasteiger partial charge in [-0.25, -0.2) is 0 Å². The number of carbonyl (C=O) groups is 1. The summed E-state index contributed by atoms with van der Waals surface area (Å²) in [6, 6.07) is 7.22. The Morgan fingerprint density at radius 3 is 2.56 bits per heavy atom. The average molecular weight is 247 g/mol. The van der Waals surface area contributed by atoms with Gasteiger partial charge in [0.1, 0.15) is 0 Å². The summed E-state index contributed by atoms with van der Waals surface area (Å²) < 4.78 is 0. The predicted molar refractivity (Wildman–Crippen MR) is 75.3 cm³/mol. The fraction of sp³-hybridized carbons (Fsp3) is 0.357. The molecular formula is C14H21N3O. The molecule has 0 radical (unpaired) electrons. The van der Waals surface area contributed by atoms with Crippen LogP contribution in [-0.4, -0.2) is 30.9 Å². The number of nitrogens with two attached hydrogens (primary N) is 1. The fourth-order valence-electron chi connectivity index (χ4n) is 1.58. The second-order valence-electron chi connectivity index (χ2n) is 4.55. The van der Waals surface area contributed by atoms with Gasteiger partial charge in [0, 0.05) is 12.2 Å². The zero-order valence-corrected chi connectivity index (χ0v) is 11.0. The molecule has 0 saturated heterocycles. The summed E-state index contributed by atoms with van der Waals surface area (Å²) >= 11 is 0. The number of hydrogen-bond acceptors (Lipinski definition) is 3. The first-order valence-corrected chi connectivity index (χ1v) is 5.94. The normalized spacial score (nSPS) is 12.2. The van der Waals surface area contributed by atoms with Crippen LogP contribution in [0.1, 0.15) is 12.0 Å². The van der Waals surface area contributed by atoms with Crippen molar-refractivity contribution < 1.29 is 4.79 Å². The van der Waals surface area contributed by atoms with Gasteiger partial charge in [-0.3, -0.25) is 4.79 Å². The van der Waals surface area contributed by atoms with Crippen molar-refractivity contribution >= 4 is 11.6 Å². The van der Waals surface area contributed by atoms with Gasteiger partial charge in [-0.05, 0) is 38.2 Å². The molecule has 4 heteroatoms. The highest BCUT2D eigenvalue weighted by Gasteiger charge is 2.11. The largest absolute Gasteiger partial charge is 0.325 e. The van der Waals surface area contributed by atoms with Crippen LogP contribution in [0, 0.1) is 0 Å². The summed E-state index contributed by atoms with van der Waals surface area (Å²) in [6.07, 6.45) is 2.12. The number of anilines is 1. The summed E-state index contributed by atoms with van der Waals surface area (Å²) in [4.78, 5) is 13.8. The van der Waals surface area contributed by atoms with Crippen molar-refractivity contribution in [3.05, 3.63) is 42.5 Å². The van der Waals surface area contributed by atoms with Gasteiger partial charge in [0.15, 0.2) is 0 Å². The molecule has 0 aliphatic rings. The zero-order chi connectivity index (χ0) is 13.5. The van der Waals surface area contributed by atoms with Crippen molar-refractivity contribution in [1.29, 1.82) is 0 Å².